The summed E-state index contributed by atoms with van der Waals surface area (Å²) in [5.41, 5.74) is 2.43. The van der Waals surface area contributed by atoms with E-state index in [9.17, 15) is 0 Å². The zero-order chi connectivity index (χ0) is 15.0. The van der Waals surface area contributed by atoms with Crippen LogP contribution in [-0.2, 0) is 12.8 Å². The Labute approximate surface area is 133 Å². The molecule has 1 aliphatic heterocycles. The first-order chi connectivity index (χ1) is 10.9. The summed E-state index contributed by atoms with van der Waals surface area (Å²) in [6.45, 7) is 2.36. The van der Waals surface area contributed by atoms with Crippen LogP contribution >= 0.6 is 0 Å². The predicted molar refractivity (Wildman–Crippen MR) is 89.7 cm³/mol. The molecule has 3 nitrogen and oxygen atoms in total. The fourth-order valence-electron chi connectivity index (χ4n) is 3.35. The molecule has 0 saturated carbocycles. The number of piperidine rings is 1. The number of hydrogen-bond acceptors (Lipinski definition) is 3. The number of hydrogen-bond donors (Lipinski definition) is 0. The van der Waals surface area contributed by atoms with Crippen LogP contribution < -0.4 is 0 Å². The van der Waals surface area contributed by atoms with E-state index in [4.69, 9.17) is 0 Å². The summed E-state index contributed by atoms with van der Waals surface area (Å²) in [6.07, 6.45) is 11.2. The lowest BCUT2D eigenvalue weighted by molar-refractivity contribution is 0.141. The van der Waals surface area contributed by atoms with E-state index in [1.165, 1.54) is 43.6 Å². The maximum absolute atomic E-state index is 4.45. The van der Waals surface area contributed by atoms with E-state index in [2.05, 4.69) is 39.1 Å². The molecule has 0 bridgehead atoms. The minimum absolute atomic E-state index is 0.708. The van der Waals surface area contributed by atoms with Crippen LogP contribution in [0, 0.1) is 0 Å². The van der Waals surface area contributed by atoms with E-state index in [-0.39, 0.29) is 0 Å². The molecule has 2 aromatic heterocycles. The second kappa shape index (κ2) is 8.04. The molecule has 116 valence electrons. The first kappa shape index (κ1) is 15.2. The second-order valence-corrected chi connectivity index (χ2v) is 6.12. The van der Waals surface area contributed by atoms with Gasteiger partial charge in [-0.25, -0.2) is 0 Å². The highest BCUT2D eigenvalue weighted by atomic mass is 15.2. The van der Waals surface area contributed by atoms with Crippen LogP contribution in [-0.4, -0.2) is 34.0 Å². The molecule has 0 aromatic carbocycles. The Balaban J connectivity index is 1.52. The quantitative estimate of drug-likeness (QED) is 0.816. The summed E-state index contributed by atoms with van der Waals surface area (Å²) in [5.74, 6) is 0. The fourth-order valence-corrected chi connectivity index (χ4v) is 3.35. The first-order valence-corrected chi connectivity index (χ1v) is 8.46. The Hall–Kier alpha value is -1.74. The van der Waals surface area contributed by atoms with Gasteiger partial charge in [-0.2, -0.15) is 0 Å². The molecule has 0 aliphatic carbocycles. The largest absolute Gasteiger partial charge is 0.300 e. The van der Waals surface area contributed by atoms with Gasteiger partial charge in [0.25, 0.3) is 0 Å². The number of aryl methyl sites for hydroxylation is 1. The highest BCUT2D eigenvalue weighted by Gasteiger charge is 2.21. The van der Waals surface area contributed by atoms with E-state index in [0.717, 1.165) is 19.4 Å². The third kappa shape index (κ3) is 4.38. The Kier molecular flexibility index (Phi) is 5.54. The minimum atomic E-state index is 0.708. The minimum Gasteiger partial charge on any atom is -0.300 e. The zero-order valence-electron chi connectivity index (χ0n) is 13.2. The highest BCUT2D eigenvalue weighted by molar-refractivity contribution is 5.05. The first-order valence-electron chi connectivity index (χ1n) is 8.46. The Morgan fingerprint density at radius 3 is 2.32 bits per heavy atom. The van der Waals surface area contributed by atoms with Crippen LogP contribution in [0.4, 0.5) is 0 Å². The second-order valence-electron chi connectivity index (χ2n) is 6.12. The van der Waals surface area contributed by atoms with Crippen molar-refractivity contribution in [3.63, 3.8) is 0 Å². The lowest BCUT2D eigenvalue weighted by Gasteiger charge is -2.35. The number of pyridine rings is 2. The molecule has 1 saturated heterocycles. The molecule has 22 heavy (non-hydrogen) atoms. The van der Waals surface area contributed by atoms with Crippen LogP contribution in [0.1, 0.15) is 37.1 Å². The van der Waals surface area contributed by atoms with Crippen molar-refractivity contribution in [3.05, 3.63) is 60.2 Å². The summed E-state index contributed by atoms with van der Waals surface area (Å²) >= 11 is 0. The lowest BCUT2D eigenvalue weighted by atomic mass is 9.96. The molecule has 0 radical (unpaired) electrons. The van der Waals surface area contributed by atoms with Crippen LogP contribution in [0.5, 0.6) is 0 Å². The van der Waals surface area contributed by atoms with Gasteiger partial charge in [0.15, 0.2) is 0 Å². The van der Waals surface area contributed by atoms with Gasteiger partial charge in [0.1, 0.15) is 0 Å². The van der Waals surface area contributed by atoms with Crippen molar-refractivity contribution < 1.29 is 0 Å². The monoisotopic (exact) mass is 295 g/mol. The molecular formula is C19H25N3. The average molecular weight is 295 g/mol. The standard InChI is InChI=1S/C19H25N3/c1-4-13-20-17(7-1)10-11-19-9-3-6-15-22(19)16-12-18-8-2-5-14-21-18/h1-2,4-5,7-8,13-14,19H,3,6,9-12,15-16H2. The van der Waals surface area contributed by atoms with Gasteiger partial charge < -0.3 is 0 Å². The van der Waals surface area contributed by atoms with E-state index in [1.807, 2.05) is 24.5 Å². The molecule has 0 amide bonds. The fraction of sp³-hybridized carbons (Fsp3) is 0.474. The van der Waals surface area contributed by atoms with Gasteiger partial charge in [-0.1, -0.05) is 18.6 Å². The molecule has 1 atom stereocenters. The van der Waals surface area contributed by atoms with Gasteiger partial charge in [0, 0.05) is 42.8 Å². The van der Waals surface area contributed by atoms with E-state index in [0.29, 0.717) is 6.04 Å². The van der Waals surface area contributed by atoms with Gasteiger partial charge in [0.05, 0.1) is 0 Å². The molecule has 2 aromatic rings. The van der Waals surface area contributed by atoms with E-state index in [1.54, 1.807) is 0 Å². The van der Waals surface area contributed by atoms with Crippen molar-refractivity contribution in [2.45, 2.75) is 44.6 Å². The van der Waals surface area contributed by atoms with Gasteiger partial charge in [0.2, 0.25) is 0 Å². The number of aromatic nitrogens is 2. The van der Waals surface area contributed by atoms with Crippen LogP contribution in [0.15, 0.2) is 48.8 Å². The number of rotatable bonds is 6. The van der Waals surface area contributed by atoms with Crippen LogP contribution in [0.2, 0.25) is 0 Å². The smallest absolute Gasteiger partial charge is 0.0416 e. The molecular weight excluding hydrogens is 270 g/mol. The Morgan fingerprint density at radius 2 is 1.64 bits per heavy atom. The summed E-state index contributed by atoms with van der Waals surface area (Å²) in [5, 5.41) is 0. The van der Waals surface area contributed by atoms with Crippen molar-refractivity contribution in [1.82, 2.24) is 14.9 Å². The maximum Gasteiger partial charge on any atom is 0.0416 e. The maximum atomic E-state index is 4.45. The summed E-state index contributed by atoms with van der Waals surface area (Å²) in [7, 11) is 0. The van der Waals surface area contributed by atoms with Crippen LogP contribution in [0.25, 0.3) is 0 Å². The normalized spacial score (nSPS) is 19.2. The molecule has 1 fully saturated rings. The SMILES string of the molecule is c1ccc(CCC2CCCCN2CCc2ccccn2)nc1. The van der Waals surface area contributed by atoms with Crippen molar-refractivity contribution in [2.24, 2.45) is 0 Å². The molecule has 1 aliphatic rings. The summed E-state index contributed by atoms with van der Waals surface area (Å²) < 4.78 is 0. The Bertz CT molecular complexity index is 490. The molecule has 3 heterocycles. The molecule has 0 spiro atoms. The molecule has 0 N–H and O–H groups in total. The zero-order valence-corrected chi connectivity index (χ0v) is 13.2. The molecule has 3 heteroatoms. The third-order valence-electron chi connectivity index (χ3n) is 4.59. The van der Waals surface area contributed by atoms with Crippen molar-refractivity contribution >= 4 is 0 Å². The van der Waals surface area contributed by atoms with Gasteiger partial charge >= 0.3 is 0 Å². The topological polar surface area (TPSA) is 29.0 Å². The number of nitrogens with zero attached hydrogens (tertiary/aromatic N) is 3. The van der Waals surface area contributed by atoms with E-state index >= 15 is 0 Å². The lowest BCUT2D eigenvalue weighted by Crippen LogP contribution is -2.41. The molecule has 3 rings (SSSR count). The van der Waals surface area contributed by atoms with Gasteiger partial charge in [-0.3, -0.25) is 14.9 Å². The van der Waals surface area contributed by atoms with Crippen molar-refractivity contribution in [2.75, 3.05) is 13.1 Å². The molecule has 1 unspecified atom stereocenters. The van der Waals surface area contributed by atoms with Crippen LogP contribution in [0.3, 0.4) is 0 Å². The summed E-state index contributed by atoms with van der Waals surface area (Å²) in [4.78, 5) is 11.6. The summed E-state index contributed by atoms with van der Waals surface area (Å²) in [6, 6.07) is 13.1. The van der Waals surface area contributed by atoms with Crippen molar-refractivity contribution in [1.29, 1.82) is 0 Å². The Morgan fingerprint density at radius 1 is 0.909 bits per heavy atom. The number of likely N-dealkylation sites (tertiary alicyclic amines) is 1. The van der Waals surface area contributed by atoms with Gasteiger partial charge in [-0.15, -0.1) is 0 Å². The average Bonchev–Trinajstić information content (AvgIpc) is 2.61. The predicted octanol–water partition coefficient (Wildman–Crippen LogP) is 3.51. The highest BCUT2D eigenvalue weighted by Crippen LogP contribution is 2.21. The van der Waals surface area contributed by atoms with Crippen molar-refractivity contribution in [3.8, 4) is 0 Å². The van der Waals surface area contributed by atoms with Gasteiger partial charge in [-0.05, 0) is 56.5 Å². The third-order valence-corrected chi connectivity index (χ3v) is 4.59. The van der Waals surface area contributed by atoms with E-state index < -0.39 is 0 Å².